The molecule has 4 rings (SSSR count). The van der Waals surface area contributed by atoms with E-state index in [1.807, 2.05) is 12.1 Å². The highest BCUT2D eigenvalue weighted by atomic mass is 16.2. The molecule has 1 aliphatic heterocycles. The molecule has 2 aliphatic carbocycles. The third kappa shape index (κ3) is 5.35. The van der Waals surface area contributed by atoms with Gasteiger partial charge in [-0.15, -0.1) is 0 Å². The van der Waals surface area contributed by atoms with Crippen LogP contribution in [0.5, 0.6) is 0 Å². The number of fused-ring (bicyclic) bond motifs is 1. The number of nitrogens with zero attached hydrogens (tertiary/aromatic N) is 1. The Kier molecular flexibility index (Phi) is 8.09. The predicted octanol–water partition coefficient (Wildman–Crippen LogP) is 7.23. The Morgan fingerprint density at radius 3 is 2.06 bits per heavy atom. The summed E-state index contributed by atoms with van der Waals surface area (Å²) >= 11 is 0. The fraction of sp³-hybridized carbons (Fsp3) is 0.750. The normalized spacial score (nSPS) is 31.7. The minimum Gasteiger partial charge on any atom is -0.316 e. The molecule has 172 valence electrons. The van der Waals surface area contributed by atoms with Crippen LogP contribution in [-0.4, -0.2) is 22.9 Å². The van der Waals surface area contributed by atoms with Crippen LogP contribution in [0.3, 0.4) is 0 Å². The summed E-state index contributed by atoms with van der Waals surface area (Å²) < 4.78 is 0. The highest BCUT2D eigenvalue weighted by Crippen LogP contribution is 2.41. The van der Waals surface area contributed by atoms with E-state index in [0.717, 1.165) is 12.0 Å². The molecule has 4 atom stereocenters. The average Bonchev–Trinajstić information content (AvgIpc) is 3.04. The van der Waals surface area contributed by atoms with E-state index in [-0.39, 0.29) is 12.1 Å². The highest BCUT2D eigenvalue weighted by molar-refractivity contribution is 5.99. The number of rotatable bonds is 3. The number of carbonyl (C=O) groups is 1. The van der Waals surface area contributed by atoms with Crippen LogP contribution in [0.4, 0.5) is 0 Å². The summed E-state index contributed by atoms with van der Waals surface area (Å²) in [6.45, 7) is 4.75. The van der Waals surface area contributed by atoms with E-state index in [1.54, 1.807) is 0 Å². The summed E-state index contributed by atoms with van der Waals surface area (Å²) in [7, 11) is 0. The fourth-order valence-corrected chi connectivity index (χ4v) is 6.35. The first-order valence-corrected chi connectivity index (χ1v) is 13.3. The lowest BCUT2D eigenvalue weighted by Crippen LogP contribution is -2.51. The van der Waals surface area contributed by atoms with Crippen LogP contribution in [0.25, 0.3) is 0 Å². The van der Waals surface area contributed by atoms with E-state index >= 15 is 0 Å². The van der Waals surface area contributed by atoms with Crippen molar-refractivity contribution < 1.29 is 4.79 Å². The van der Waals surface area contributed by atoms with E-state index in [2.05, 4.69) is 36.2 Å². The van der Waals surface area contributed by atoms with Crippen molar-refractivity contribution in [2.75, 3.05) is 0 Å². The van der Waals surface area contributed by atoms with Crippen LogP contribution >= 0.6 is 0 Å². The van der Waals surface area contributed by atoms with Crippen molar-refractivity contribution in [2.45, 2.75) is 122 Å². The molecule has 0 unspecified atom stereocenters. The molecule has 31 heavy (non-hydrogen) atoms. The molecule has 0 spiro atoms. The molecule has 3 aliphatic rings. The van der Waals surface area contributed by atoms with Crippen molar-refractivity contribution in [1.29, 1.82) is 0 Å². The molecule has 1 aromatic carbocycles. The largest absolute Gasteiger partial charge is 0.316 e. The molecule has 2 saturated carbocycles. The quantitative estimate of drug-likeness (QED) is 0.555. The maximum atomic E-state index is 13.6. The van der Waals surface area contributed by atoms with Crippen LogP contribution in [-0.2, 0) is 0 Å². The van der Waals surface area contributed by atoms with Crippen LogP contribution < -0.4 is 5.32 Å². The monoisotopic (exact) mass is 424 g/mol. The van der Waals surface area contributed by atoms with Gasteiger partial charge in [-0.3, -0.25) is 10.1 Å². The smallest absolute Gasteiger partial charge is 0.256 e. The van der Waals surface area contributed by atoms with Gasteiger partial charge in [0.1, 0.15) is 6.17 Å². The van der Waals surface area contributed by atoms with Crippen molar-refractivity contribution in [3.8, 4) is 0 Å². The standard InChI is InChI=1S/C28H44N2O/c1-21-15-14-20-26(22(21)2)30-27(24-18-12-13-19-25(24)28(30)31)29-23-16-10-8-6-4-3-5-7-9-11-17-23/h12-13,18-19,21-23,26-27,29H,3-11,14-17,20H2,1-2H3/t21-,22-,26+,27-/m1/s1. The number of benzene rings is 1. The maximum Gasteiger partial charge on any atom is 0.256 e. The molecular formula is C28H44N2O. The van der Waals surface area contributed by atoms with Crippen LogP contribution in [0.2, 0.25) is 0 Å². The van der Waals surface area contributed by atoms with Crippen LogP contribution in [0.15, 0.2) is 24.3 Å². The van der Waals surface area contributed by atoms with Gasteiger partial charge in [0.25, 0.3) is 5.91 Å². The molecule has 3 heteroatoms. The Morgan fingerprint density at radius 2 is 1.39 bits per heavy atom. The molecule has 3 nitrogen and oxygen atoms in total. The zero-order valence-electron chi connectivity index (χ0n) is 20.0. The topological polar surface area (TPSA) is 32.3 Å². The minimum absolute atomic E-state index is 0.0550. The second-order valence-corrected chi connectivity index (χ2v) is 10.7. The van der Waals surface area contributed by atoms with Gasteiger partial charge in [0.05, 0.1) is 0 Å². The molecule has 1 N–H and O–H groups in total. The van der Waals surface area contributed by atoms with Gasteiger partial charge in [-0.25, -0.2) is 0 Å². The molecule has 1 aromatic rings. The number of carbonyl (C=O) groups excluding carboxylic acids is 1. The van der Waals surface area contributed by atoms with Crippen molar-refractivity contribution in [2.24, 2.45) is 11.8 Å². The zero-order chi connectivity index (χ0) is 21.6. The first kappa shape index (κ1) is 22.8. The second kappa shape index (κ2) is 11.0. The van der Waals surface area contributed by atoms with Gasteiger partial charge in [-0.1, -0.05) is 103 Å². The predicted molar refractivity (Wildman–Crippen MR) is 129 cm³/mol. The minimum atomic E-state index is 0.0550. The number of hydrogen-bond acceptors (Lipinski definition) is 2. The van der Waals surface area contributed by atoms with Crippen molar-refractivity contribution in [3.63, 3.8) is 0 Å². The molecular weight excluding hydrogens is 380 g/mol. The van der Waals surface area contributed by atoms with Crippen molar-refractivity contribution in [1.82, 2.24) is 10.2 Å². The number of nitrogens with one attached hydrogen (secondary N) is 1. The van der Waals surface area contributed by atoms with Crippen molar-refractivity contribution in [3.05, 3.63) is 35.4 Å². The van der Waals surface area contributed by atoms with Gasteiger partial charge in [-0.05, 0) is 37.2 Å². The Bertz CT molecular complexity index is 705. The first-order valence-electron chi connectivity index (χ1n) is 13.3. The third-order valence-corrected chi connectivity index (χ3v) is 8.52. The number of amides is 1. The van der Waals surface area contributed by atoms with Gasteiger partial charge in [-0.2, -0.15) is 0 Å². The van der Waals surface area contributed by atoms with E-state index in [0.29, 0.717) is 23.9 Å². The fourth-order valence-electron chi connectivity index (χ4n) is 6.35. The molecule has 2 fully saturated rings. The molecule has 0 bridgehead atoms. The summed E-state index contributed by atoms with van der Waals surface area (Å²) in [4.78, 5) is 15.9. The third-order valence-electron chi connectivity index (χ3n) is 8.52. The highest BCUT2D eigenvalue weighted by Gasteiger charge is 2.44. The summed E-state index contributed by atoms with van der Waals surface area (Å²) in [5.74, 6) is 1.51. The molecule has 1 amide bonds. The van der Waals surface area contributed by atoms with E-state index in [4.69, 9.17) is 0 Å². The molecule has 1 heterocycles. The Morgan fingerprint density at radius 1 is 0.774 bits per heavy atom. The van der Waals surface area contributed by atoms with E-state index in [9.17, 15) is 4.79 Å². The van der Waals surface area contributed by atoms with Gasteiger partial charge in [0.2, 0.25) is 0 Å². The Balaban J connectivity index is 1.54. The van der Waals surface area contributed by atoms with E-state index < -0.39 is 0 Å². The molecule has 0 radical (unpaired) electrons. The Hall–Kier alpha value is -1.35. The van der Waals surface area contributed by atoms with Crippen LogP contribution in [0.1, 0.15) is 126 Å². The van der Waals surface area contributed by atoms with Gasteiger partial charge >= 0.3 is 0 Å². The van der Waals surface area contributed by atoms with Gasteiger partial charge < -0.3 is 4.90 Å². The van der Waals surface area contributed by atoms with Crippen molar-refractivity contribution >= 4 is 5.91 Å². The zero-order valence-corrected chi connectivity index (χ0v) is 20.0. The lowest BCUT2D eigenvalue weighted by Gasteiger charge is -2.43. The van der Waals surface area contributed by atoms with Gasteiger partial charge in [0, 0.05) is 23.2 Å². The van der Waals surface area contributed by atoms with E-state index in [1.165, 1.54) is 89.0 Å². The average molecular weight is 425 g/mol. The first-order chi connectivity index (χ1) is 15.2. The summed E-state index contributed by atoms with van der Waals surface area (Å²) in [6.07, 6.45) is 18.6. The number of hydrogen-bond donors (Lipinski definition) is 1. The molecule has 0 saturated heterocycles. The Labute approximate surface area is 190 Å². The maximum absolute atomic E-state index is 13.6. The SMILES string of the molecule is C[C@@H]1[C@H](C)CCC[C@@H]1N1C(=O)c2ccccc2[C@@H]1NC1CCCCCCCCCCC1. The summed E-state index contributed by atoms with van der Waals surface area (Å²) in [6, 6.07) is 9.24. The summed E-state index contributed by atoms with van der Waals surface area (Å²) in [5, 5.41) is 4.04. The lowest BCUT2D eigenvalue weighted by atomic mass is 9.77. The second-order valence-electron chi connectivity index (χ2n) is 10.7. The van der Waals surface area contributed by atoms with Gasteiger partial charge in [0.15, 0.2) is 0 Å². The lowest BCUT2D eigenvalue weighted by molar-refractivity contribution is 0.0290. The van der Waals surface area contributed by atoms with Crippen LogP contribution in [0, 0.1) is 11.8 Å². The summed E-state index contributed by atoms with van der Waals surface area (Å²) in [5.41, 5.74) is 2.14. The molecule has 0 aromatic heterocycles.